The molecule has 146 valence electrons. The second kappa shape index (κ2) is 7.87. The molecular weight excluding hydrogens is 372 g/mol. The predicted octanol–water partition coefficient (Wildman–Crippen LogP) is 3.88. The summed E-state index contributed by atoms with van der Waals surface area (Å²) in [6.45, 7) is 5.45. The molecule has 28 heavy (non-hydrogen) atoms. The zero-order chi connectivity index (χ0) is 19.7. The Bertz CT molecular complexity index is 892. The van der Waals surface area contributed by atoms with Gasteiger partial charge in [0.25, 0.3) is 5.91 Å². The van der Waals surface area contributed by atoms with Crippen molar-refractivity contribution in [3.63, 3.8) is 0 Å². The molecule has 1 fully saturated rings. The van der Waals surface area contributed by atoms with E-state index in [0.29, 0.717) is 25.4 Å². The monoisotopic (exact) mass is 396 g/mol. The van der Waals surface area contributed by atoms with E-state index >= 15 is 0 Å². The van der Waals surface area contributed by atoms with Crippen LogP contribution in [0.5, 0.6) is 0 Å². The number of hydrogen-bond acceptors (Lipinski definition) is 5. The van der Waals surface area contributed by atoms with Gasteiger partial charge in [-0.15, -0.1) is 11.3 Å². The molecule has 0 saturated carbocycles. The molecule has 1 amide bonds. The highest BCUT2D eigenvalue weighted by Gasteiger charge is 2.46. The first-order valence-electron chi connectivity index (χ1n) is 9.73. The van der Waals surface area contributed by atoms with Crippen LogP contribution in [0.2, 0.25) is 0 Å². The van der Waals surface area contributed by atoms with Gasteiger partial charge in [-0.3, -0.25) is 9.59 Å². The Balaban J connectivity index is 1.51. The Morgan fingerprint density at radius 1 is 1.21 bits per heavy atom. The van der Waals surface area contributed by atoms with Crippen LogP contribution >= 0.6 is 11.3 Å². The molecule has 0 bridgehead atoms. The number of benzene rings is 1. The molecule has 2 heterocycles. The van der Waals surface area contributed by atoms with Gasteiger partial charge in [0.05, 0.1) is 12.5 Å². The summed E-state index contributed by atoms with van der Waals surface area (Å²) in [7, 11) is 0. The molecule has 4 rings (SSSR count). The van der Waals surface area contributed by atoms with Crippen LogP contribution in [0, 0.1) is 23.7 Å². The van der Waals surface area contributed by atoms with Crippen LogP contribution in [0.25, 0.3) is 10.6 Å². The van der Waals surface area contributed by atoms with Crippen molar-refractivity contribution in [1.29, 1.82) is 0 Å². The van der Waals surface area contributed by atoms with Gasteiger partial charge < -0.3 is 9.64 Å². The third-order valence-corrected chi connectivity index (χ3v) is 6.58. The summed E-state index contributed by atoms with van der Waals surface area (Å²) in [5, 5.41) is 2.67. The van der Waals surface area contributed by atoms with Crippen LogP contribution in [0.1, 0.15) is 24.3 Å². The Morgan fingerprint density at radius 2 is 2.00 bits per heavy atom. The molecule has 1 aromatic heterocycles. The first-order valence-corrected chi connectivity index (χ1v) is 10.6. The SMILES string of the molecule is CCOC(=O)[C@@H]1[C@H]2CN(C(=O)c3csc(-c4ccccc4)n3)C[C@@H]2C=C[C@@H]1C. The lowest BCUT2D eigenvalue weighted by Crippen LogP contribution is -2.37. The van der Waals surface area contributed by atoms with Crippen LogP contribution in [0.15, 0.2) is 47.9 Å². The number of ether oxygens (including phenoxy) is 1. The summed E-state index contributed by atoms with van der Waals surface area (Å²) in [4.78, 5) is 31.9. The molecule has 0 spiro atoms. The van der Waals surface area contributed by atoms with Crippen molar-refractivity contribution in [2.75, 3.05) is 19.7 Å². The second-order valence-electron chi connectivity index (χ2n) is 7.46. The van der Waals surface area contributed by atoms with Gasteiger partial charge in [0, 0.05) is 24.0 Å². The number of rotatable bonds is 4. The Kier molecular flexibility index (Phi) is 5.31. The number of carbonyl (C=O) groups excluding carboxylic acids is 2. The van der Waals surface area contributed by atoms with Crippen molar-refractivity contribution in [3.05, 3.63) is 53.6 Å². The van der Waals surface area contributed by atoms with E-state index in [9.17, 15) is 9.59 Å². The van der Waals surface area contributed by atoms with E-state index in [-0.39, 0.29) is 35.5 Å². The van der Waals surface area contributed by atoms with Crippen LogP contribution in [0.4, 0.5) is 0 Å². The van der Waals surface area contributed by atoms with E-state index in [1.54, 1.807) is 0 Å². The van der Waals surface area contributed by atoms with Gasteiger partial charge in [0.15, 0.2) is 0 Å². The molecule has 1 aliphatic heterocycles. The average Bonchev–Trinajstić information content (AvgIpc) is 3.35. The smallest absolute Gasteiger partial charge is 0.309 e. The van der Waals surface area contributed by atoms with Gasteiger partial charge in [-0.1, -0.05) is 49.4 Å². The zero-order valence-corrected chi connectivity index (χ0v) is 16.9. The van der Waals surface area contributed by atoms with Crippen molar-refractivity contribution in [1.82, 2.24) is 9.88 Å². The molecule has 1 aliphatic carbocycles. The fourth-order valence-electron chi connectivity index (χ4n) is 4.31. The van der Waals surface area contributed by atoms with Gasteiger partial charge in [0.1, 0.15) is 10.7 Å². The topological polar surface area (TPSA) is 59.5 Å². The lowest BCUT2D eigenvalue weighted by molar-refractivity contribution is -0.152. The van der Waals surface area contributed by atoms with Crippen molar-refractivity contribution in [2.24, 2.45) is 23.7 Å². The molecule has 0 radical (unpaired) electrons. The van der Waals surface area contributed by atoms with E-state index in [2.05, 4.69) is 17.1 Å². The van der Waals surface area contributed by atoms with Crippen molar-refractivity contribution >= 4 is 23.2 Å². The number of hydrogen-bond donors (Lipinski definition) is 0. The first-order chi connectivity index (χ1) is 13.6. The Labute approximate surface area is 169 Å². The van der Waals surface area contributed by atoms with Crippen LogP contribution in [-0.2, 0) is 9.53 Å². The van der Waals surface area contributed by atoms with Gasteiger partial charge >= 0.3 is 5.97 Å². The zero-order valence-electron chi connectivity index (χ0n) is 16.1. The number of carbonyl (C=O) groups is 2. The third-order valence-electron chi connectivity index (χ3n) is 5.69. The highest BCUT2D eigenvalue weighted by Crippen LogP contribution is 2.40. The number of aromatic nitrogens is 1. The maximum Gasteiger partial charge on any atom is 0.309 e. The minimum Gasteiger partial charge on any atom is -0.466 e. The van der Waals surface area contributed by atoms with Crippen LogP contribution < -0.4 is 0 Å². The number of fused-ring (bicyclic) bond motifs is 1. The molecule has 1 aromatic carbocycles. The van der Waals surface area contributed by atoms with Crippen molar-refractivity contribution in [2.45, 2.75) is 13.8 Å². The third kappa shape index (κ3) is 3.49. The second-order valence-corrected chi connectivity index (χ2v) is 8.32. The van der Waals surface area contributed by atoms with Crippen LogP contribution in [-0.4, -0.2) is 41.5 Å². The van der Waals surface area contributed by atoms with E-state index < -0.39 is 0 Å². The molecule has 0 unspecified atom stereocenters. The molecule has 2 aliphatic rings. The van der Waals surface area contributed by atoms with E-state index in [1.807, 2.05) is 54.5 Å². The maximum absolute atomic E-state index is 13.0. The van der Waals surface area contributed by atoms with Crippen LogP contribution in [0.3, 0.4) is 0 Å². The fraction of sp³-hybridized carbons (Fsp3) is 0.409. The fourth-order valence-corrected chi connectivity index (χ4v) is 5.11. The Hall–Kier alpha value is -2.47. The van der Waals surface area contributed by atoms with Crippen molar-refractivity contribution in [3.8, 4) is 10.6 Å². The first kappa shape index (κ1) is 18.9. The minimum absolute atomic E-state index is 0.0588. The summed E-state index contributed by atoms with van der Waals surface area (Å²) in [6.07, 6.45) is 4.25. The summed E-state index contributed by atoms with van der Waals surface area (Å²) in [5.74, 6) is 0.0274. The van der Waals surface area contributed by atoms with Gasteiger partial charge in [0.2, 0.25) is 0 Å². The standard InChI is InChI=1S/C22H24N2O3S/c1-3-27-22(26)19-14(2)9-10-16-11-24(12-17(16)19)21(25)18-13-28-20(23-18)15-7-5-4-6-8-15/h4-10,13-14,16-17,19H,3,11-12H2,1-2H3/t14-,16-,17-,19-/m0/s1. The van der Waals surface area contributed by atoms with Gasteiger partial charge in [-0.2, -0.15) is 0 Å². The largest absolute Gasteiger partial charge is 0.466 e. The number of amides is 1. The summed E-state index contributed by atoms with van der Waals surface area (Å²) >= 11 is 1.48. The number of allylic oxidation sites excluding steroid dienone is 1. The maximum atomic E-state index is 13.0. The highest BCUT2D eigenvalue weighted by molar-refractivity contribution is 7.13. The predicted molar refractivity (Wildman–Crippen MR) is 109 cm³/mol. The van der Waals surface area contributed by atoms with Crippen molar-refractivity contribution < 1.29 is 14.3 Å². The molecular formula is C22H24N2O3S. The highest BCUT2D eigenvalue weighted by atomic mass is 32.1. The lowest BCUT2D eigenvalue weighted by Gasteiger charge is -2.31. The van der Waals surface area contributed by atoms with Gasteiger partial charge in [-0.05, 0) is 24.7 Å². The van der Waals surface area contributed by atoms with Gasteiger partial charge in [-0.25, -0.2) is 4.98 Å². The lowest BCUT2D eigenvalue weighted by atomic mass is 9.72. The Morgan fingerprint density at radius 3 is 2.75 bits per heavy atom. The van der Waals surface area contributed by atoms with E-state index in [4.69, 9.17) is 4.74 Å². The molecule has 4 atom stereocenters. The molecule has 2 aromatic rings. The normalized spacial score (nSPS) is 26.1. The molecule has 5 nitrogen and oxygen atoms in total. The van der Waals surface area contributed by atoms with E-state index in [1.165, 1.54) is 11.3 Å². The number of likely N-dealkylation sites (tertiary alicyclic amines) is 1. The minimum atomic E-state index is -0.192. The average molecular weight is 397 g/mol. The number of thiazole rings is 1. The quantitative estimate of drug-likeness (QED) is 0.581. The van der Waals surface area contributed by atoms with E-state index in [0.717, 1.165) is 10.6 Å². The summed E-state index contributed by atoms with van der Waals surface area (Å²) in [6, 6.07) is 9.88. The molecule has 6 heteroatoms. The summed E-state index contributed by atoms with van der Waals surface area (Å²) in [5.41, 5.74) is 1.49. The number of esters is 1. The molecule has 1 saturated heterocycles. The summed E-state index contributed by atoms with van der Waals surface area (Å²) < 4.78 is 5.31. The molecule has 0 N–H and O–H groups in total. The number of nitrogens with zero attached hydrogens (tertiary/aromatic N) is 2.